The maximum Gasteiger partial charge on any atom is 0.193 e. The number of hydrogen-bond acceptors (Lipinski definition) is 1. The van der Waals surface area contributed by atoms with E-state index in [1.54, 1.807) is 0 Å². The lowest BCUT2D eigenvalue weighted by molar-refractivity contribution is 0.105. The summed E-state index contributed by atoms with van der Waals surface area (Å²) in [5.41, 5.74) is 8.11. The number of unbranched alkanes of at least 4 members (excludes halogenated alkanes) is 3. The molecule has 0 bridgehead atoms. The van der Waals surface area contributed by atoms with Crippen LogP contribution in [0.25, 0.3) is 5.57 Å². The van der Waals surface area contributed by atoms with E-state index in [1.807, 2.05) is 24.3 Å². The number of fused-ring (bicyclic) bond motifs is 1. The summed E-state index contributed by atoms with van der Waals surface area (Å²) in [4.78, 5) is 13.4. The van der Waals surface area contributed by atoms with Crippen LogP contribution in [0.2, 0.25) is 0 Å². The van der Waals surface area contributed by atoms with Crippen molar-refractivity contribution >= 4 is 11.4 Å². The van der Waals surface area contributed by atoms with Crippen LogP contribution in [0.15, 0.2) is 48.0 Å². The first kappa shape index (κ1) is 18.6. The molecule has 0 amide bonds. The standard InChI is InChI=1S/C25H30O/c1-4-5-6-7-8-20-14-15-22-17-19(3)11-16-23(22)24(20)25(26)21-12-9-18(2)10-13-21/h9-13,16-17H,4-8,14-15H2,1-3H3. The van der Waals surface area contributed by atoms with Crippen LogP contribution in [0.1, 0.15) is 78.1 Å². The minimum atomic E-state index is 0.195. The van der Waals surface area contributed by atoms with Crippen molar-refractivity contribution in [1.82, 2.24) is 0 Å². The summed E-state index contributed by atoms with van der Waals surface area (Å²) >= 11 is 0. The molecule has 0 radical (unpaired) electrons. The Morgan fingerprint density at radius 3 is 2.35 bits per heavy atom. The molecule has 136 valence electrons. The smallest absolute Gasteiger partial charge is 0.193 e. The second-order valence-corrected chi connectivity index (χ2v) is 7.64. The second kappa shape index (κ2) is 8.49. The summed E-state index contributed by atoms with van der Waals surface area (Å²) in [5.74, 6) is 0.195. The summed E-state index contributed by atoms with van der Waals surface area (Å²) in [5, 5.41) is 0. The predicted octanol–water partition coefficient (Wildman–Crippen LogP) is 6.86. The molecule has 0 saturated heterocycles. The SMILES string of the molecule is CCCCCCC1=C(C(=O)c2ccc(C)cc2)c2ccc(C)cc2CC1. The average molecular weight is 347 g/mol. The highest BCUT2D eigenvalue weighted by molar-refractivity contribution is 6.30. The number of carbonyl (C=O) groups excluding carboxylic acids is 1. The van der Waals surface area contributed by atoms with Crippen molar-refractivity contribution in [3.8, 4) is 0 Å². The fourth-order valence-corrected chi connectivity index (χ4v) is 3.92. The van der Waals surface area contributed by atoms with Crippen molar-refractivity contribution in [2.24, 2.45) is 0 Å². The molecule has 0 aromatic heterocycles. The minimum absolute atomic E-state index is 0.195. The Labute approximate surface area is 158 Å². The van der Waals surface area contributed by atoms with Crippen molar-refractivity contribution in [2.45, 2.75) is 65.7 Å². The van der Waals surface area contributed by atoms with Crippen LogP contribution in [-0.2, 0) is 6.42 Å². The van der Waals surface area contributed by atoms with Gasteiger partial charge in [0.15, 0.2) is 5.78 Å². The van der Waals surface area contributed by atoms with Gasteiger partial charge in [-0.3, -0.25) is 4.79 Å². The summed E-state index contributed by atoms with van der Waals surface area (Å²) in [6.07, 6.45) is 8.11. The summed E-state index contributed by atoms with van der Waals surface area (Å²) in [7, 11) is 0. The number of Topliss-reactive ketones (excluding diaryl/α,β-unsaturated/α-hetero) is 1. The molecule has 0 N–H and O–H groups in total. The Balaban J connectivity index is 1.98. The lowest BCUT2D eigenvalue weighted by atomic mass is 9.80. The van der Waals surface area contributed by atoms with Gasteiger partial charge in [-0.25, -0.2) is 0 Å². The Morgan fingerprint density at radius 2 is 1.62 bits per heavy atom. The monoisotopic (exact) mass is 346 g/mol. The molecule has 1 aliphatic carbocycles. The number of rotatable bonds is 7. The van der Waals surface area contributed by atoms with E-state index in [9.17, 15) is 4.79 Å². The normalized spacial score (nSPS) is 13.7. The Bertz CT molecular complexity index is 809. The van der Waals surface area contributed by atoms with E-state index in [1.165, 1.54) is 47.9 Å². The molecule has 0 fully saturated rings. The molecule has 2 aromatic carbocycles. The molecule has 0 heterocycles. The first-order valence-electron chi connectivity index (χ1n) is 10.0. The molecule has 0 spiro atoms. The van der Waals surface area contributed by atoms with Crippen LogP contribution >= 0.6 is 0 Å². The third kappa shape index (κ3) is 4.15. The molecule has 0 aliphatic heterocycles. The molecule has 1 heteroatoms. The summed E-state index contributed by atoms with van der Waals surface area (Å²) in [6.45, 7) is 6.43. The van der Waals surface area contributed by atoms with Gasteiger partial charge in [-0.1, -0.05) is 85.4 Å². The molecule has 0 unspecified atom stereocenters. The Kier molecular flexibility index (Phi) is 6.08. The van der Waals surface area contributed by atoms with Gasteiger partial charge in [-0.05, 0) is 50.7 Å². The third-order valence-corrected chi connectivity index (χ3v) is 5.45. The van der Waals surface area contributed by atoms with Gasteiger partial charge in [0, 0.05) is 11.1 Å². The van der Waals surface area contributed by atoms with Crippen molar-refractivity contribution in [3.05, 3.63) is 75.9 Å². The Hall–Kier alpha value is -2.15. The minimum Gasteiger partial charge on any atom is -0.289 e. The summed E-state index contributed by atoms with van der Waals surface area (Å²) < 4.78 is 0. The fraction of sp³-hybridized carbons (Fsp3) is 0.400. The van der Waals surface area contributed by atoms with Crippen LogP contribution in [-0.4, -0.2) is 5.78 Å². The highest BCUT2D eigenvalue weighted by atomic mass is 16.1. The zero-order valence-electron chi connectivity index (χ0n) is 16.4. The molecule has 2 aromatic rings. The van der Waals surface area contributed by atoms with Gasteiger partial charge in [-0.2, -0.15) is 0 Å². The maximum atomic E-state index is 13.4. The van der Waals surface area contributed by atoms with E-state index in [0.717, 1.165) is 36.0 Å². The molecule has 3 rings (SSSR count). The lowest BCUT2D eigenvalue weighted by Gasteiger charge is -2.24. The summed E-state index contributed by atoms with van der Waals surface area (Å²) in [6, 6.07) is 14.6. The van der Waals surface area contributed by atoms with Gasteiger partial charge in [-0.15, -0.1) is 0 Å². The van der Waals surface area contributed by atoms with Crippen LogP contribution in [0.5, 0.6) is 0 Å². The topological polar surface area (TPSA) is 17.1 Å². The highest BCUT2D eigenvalue weighted by Crippen LogP contribution is 2.36. The van der Waals surface area contributed by atoms with Gasteiger partial charge in [0.2, 0.25) is 0 Å². The molecule has 26 heavy (non-hydrogen) atoms. The third-order valence-electron chi connectivity index (χ3n) is 5.45. The van der Waals surface area contributed by atoms with E-state index >= 15 is 0 Å². The number of hydrogen-bond donors (Lipinski definition) is 0. The van der Waals surface area contributed by atoms with Gasteiger partial charge in [0.05, 0.1) is 0 Å². The van der Waals surface area contributed by atoms with E-state index < -0.39 is 0 Å². The zero-order valence-corrected chi connectivity index (χ0v) is 16.4. The van der Waals surface area contributed by atoms with Crippen LogP contribution in [0, 0.1) is 13.8 Å². The maximum absolute atomic E-state index is 13.4. The van der Waals surface area contributed by atoms with Crippen LogP contribution < -0.4 is 0 Å². The number of ketones is 1. The van der Waals surface area contributed by atoms with Crippen molar-refractivity contribution in [2.75, 3.05) is 0 Å². The fourth-order valence-electron chi connectivity index (χ4n) is 3.92. The number of carbonyl (C=O) groups is 1. The van der Waals surface area contributed by atoms with Gasteiger partial charge >= 0.3 is 0 Å². The van der Waals surface area contributed by atoms with E-state index in [-0.39, 0.29) is 5.78 Å². The van der Waals surface area contributed by atoms with Crippen molar-refractivity contribution in [1.29, 1.82) is 0 Å². The van der Waals surface area contributed by atoms with E-state index in [2.05, 4.69) is 39.0 Å². The second-order valence-electron chi connectivity index (χ2n) is 7.64. The number of aryl methyl sites for hydroxylation is 3. The number of benzene rings is 2. The molecule has 0 atom stereocenters. The number of allylic oxidation sites excluding steroid dienone is 2. The molecular weight excluding hydrogens is 316 g/mol. The highest BCUT2D eigenvalue weighted by Gasteiger charge is 2.24. The van der Waals surface area contributed by atoms with E-state index in [0.29, 0.717) is 0 Å². The molecule has 1 aliphatic rings. The Morgan fingerprint density at radius 1 is 0.885 bits per heavy atom. The first-order valence-corrected chi connectivity index (χ1v) is 10.0. The predicted molar refractivity (Wildman–Crippen MR) is 111 cm³/mol. The van der Waals surface area contributed by atoms with Crippen LogP contribution in [0.3, 0.4) is 0 Å². The van der Waals surface area contributed by atoms with Crippen molar-refractivity contribution < 1.29 is 4.79 Å². The largest absolute Gasteiger partial charge is 0.289 e. The van der Waals surface area contributed by atoms with Gasteiger partial charge < -0.3 is 0 Å². The van der Waals surface area contributed by atoms with Gasteiger partial charge in [0.1, 0.15) is 0 Å². The quantitative estimate of drug-likeness (QED) is 0.395. The lowest BCUT2D eigenvalue weighted by Crippen LogP contribution is -2.13. The molecule has 1 nitrogen and oxygen atoms in total. The molecular formula is C25H30O. The average Bonchev–Trinajstić information content (AvgIpc) is 2.65. The first-order chi connectivity index (χ1) is 12.6. The molecule has 0 saturated carbocycles. The van der Waals surface area contributed by atoms with Gasteiger partial charge in [0.25, 0.3) is 0 Å². The van der Waals surface area contributed by atoms with Crippen LogP contribution in [0.4, 0.5) is 0 Å². The van der Waals surface area contributed by atoms with E-state index in [4.69, 9.17) is 0 Å². The van der Waals surface area contributed by atoms with Crippen molar-refractivity contribution in [3.63, 3.8) is 0 Å². The zero-order chi connectivity index (χ0) is 18.5.